The van der Waals surface area contributed by atoms with Crippen LogP contribution in [0, 0.1) is 11.7 Å². The maximum absolute atomic E-state index is 13.0. The Hall–Kier alpha value is -2.80. The predicted molar refractivity (Wildman–Crippen MR) is 103 cm³/mol. The van der Waals surface area contributed by atoms with Crippen molar-refractivity contribution in [3.05, 3.63) is 59.9 Å². The second-order valence-electron chi connectivity index (χ2n) is 6.59. The topological polar surface area (TPSA) is 62.3 Å². The molecule has 1 fully saturated rings. The Morgan fingerprint density at radius 3 is 2.78 bits per heavy atom. The number of fused-ring (bicyclic) bond motifs is 1. The molecule has 138 valence electrons. The number of hydrogen-bond acceptors (Lipinski definition) is 4. The monoisotopic (exact) mass is 383 g/mol. The summed E-state index contributed by atoms with van der Waals surface area (Å²) in [5.41, 5.74) is 1.81. The summed E-state index contributed by atoms with van der Waals surface area (Å²) in [7, 11) is 0. The number of thiazole rings is 1. The van der Waals surface area contributed by atoms with E-state index >= 15 is 0 Å². The van der Waals surface area contributed by atoms with Crippen LogP contribution in [-0.4, -0.2) is 34.8 Å². The predicted octanol–water partition coefficient (Wildman–Crippen LogP) is 3.47. The summed E-state index contributed by atoms with van der Waals surface area (Å²) in [4.78, 5) is 30.9. The van der Waals surface area contributed by atoms with Crippen molar-refractivity contribution in [2.45, 2.75) is 12.8 Å². The van der Waals surface area contributed by atoms with Gasteiger partial charge in [0, 0.05) is 19.5 Å². The molecule has 0 aliphatic carbocycles. The van der Waals surface area contributed by atoms with Crippen LogP contribution in [0.2, 0.25) is 0 Å². The Labute approximate surface area is 159 Å². The lowest BCUT2D eigenvalue weighted by atomic mass is 10.1. The number of benzene rings is 2. The molecule has 0 radical (unpaired) electrons. The van der Waals surface area contributed by atoms with E-state index in [1.54, 1.807) is 17.0 Å². The van der Waals surface area contributed by atoms with Crippen molar-refractivity contribution in [2.24, 2.45) is 5.92 Å². The molecule has 1 aromatic heterocycles. The average Bonchev–Trinajstić information content (AvgIpc) is 3.24. The van der Waals surface area contributed by atoms with E-state index in [1.807, 2.05) is 24.3 Å². The third-order valence-corrected chi connectivity index (χ3v) is 5.64. The summed E-state index contributed by atoms with van der Waals surface area (Å²) in [6, 6.07) is 13.9. The first-order valence-corrected chi connectivity index (χ1v) is 9.59. The lowest BCUT2D eigenvalue weighted by Gasteiger charge is -2.16. The van der Waals surface area contributed by atoms with Gasteiger partial charge in [-0.3, -0.25) is 9.59 Å². The normalized spacial score (nSPS) is 16.9. The number of aromatic nitrogens is 1. The third kappa shape index (κ3) is 3.98. The van der Waals surface area contributed by atoms with Gasteiger partial charge in [0.05, 0.1) is 16.1 Å². The molecule has 2 aromatic carbocycles. The minimum atomic E-state index is -0.377. The van der Waals surface area contributed by atoms with Crippen LogP contribution in [0.15, 0.2) is 48.5 Å². The largest absolute Gasteiger partial charge is 0.342 e. The zero-order chi connectivity index (χ0) is 18.8. The molecule has 27 heavy (non-hydrogen) atoms. The zero-order valence-electron chi connectivity index (χ0n) is 14.5. The highest BCUT2D eigenvalue weighted by atomic mass is 32.1. The van der Waals surface area contributed by atoms with Crippen molar-refractivity contribution in [1.82, 2.24) is 9.88 Å². The maximum Gasteiger partial charge on any atom is 0.231 e. The lowest BCUT2D eigenvalue weighted by Crippen LogP contribution is -2.30. The van der Waals surface area contributed by atoms with Gasteiger partial charge in [-0.25, -0.2) is 9.37 Å². The Balaban J connectivity index is 1.34. The Morgan fingerprint density at radius 1 is 1.22 bits per heavy atom. The van der Waals surface area contributed by atoms with Gasteiger partial charge in [0.25, 0.3) is 0 Å². The number of hydrogen-bond donors (Lipinski definition) is 1. The fourth-order valence-corrected chi connectivity index (χ4v) is 4.08. The van der Waals surface area contributed by atoms with Crippen molar-refractivity contribution in [1.29, 1.82) is 0 Å². The fourth-order valence-electron chi connectivity index (χ4n) is 3.21. The number of rotatable bonds is 5. The first-order valence-electron chi connectivity index (χ1n) is 8.77. The molecule has 1 aliphatic heterocycles. The summed E-state index contributed by atoms with van der Waals surface area (Å²) in [5.74, 6) is -0.853. The van der Waals surface area contributed by atoms with Crippen molar-refractivity contribution < 1.29 is 14.0 Å². The van der Waals surface area contributed by atoms with Crippen LogP contribution in [0.3, 0.4) is 0 Å². The molecule has 4 rings (SSSR count). The van der Waals surface area contributed by atoms with Gasteiger partial charge in [-0.05, 0) is 36.2 Å². The second kappa shape index (κ2) is 7.44. The van der Waals surface area contributed by atoms with E-state index in [0.717, 1.165) is 15.8 Å². The van der Waals surface area contributed by atoms with Gasteiger partial charge in [-0.15, -0.1) is 0 Å². The van der Waals surface area contributed by atoms with Crippen LogP contribution >= 0.6 is 11.3 Å². The molecule has 0 unspecified atom stereocenters. The molecule has 1 atom stereocenters. The number of nitrogens with one attached hydrogen (secondary N) is 1. The molecule has 1 saturated heterocycles. The van der Waals surface area contributed by atoms with E-state index in [-0.39, 0.29) is 30.0 Å². The number of carbonyl (C=O) groups is 2. The van der Waals surface area contributed by atoms with Crippen molar-refractivity contribution in [2.75, 3.05) is 18.4 Å². The number of carbonyl (C=O) groups excluding carboxylic acids is 2. The standard InChI is InChI=1S/C20H18FN3O2S/c21-15-7-5-13(6-8-15)9-10-24-12-14(11-18(24)25)19(26)23-20-22-16-3-1-2-4-17(16)27-20/h1-8,14H,9-12H2,(H,22,23,26)/t14-/m0/s1. The van der Waals surface area contributed by atoms with Gasteiger partial charge in [0.2, 0.25) is 11.8 Å². The van der Waals surface area contributed by atoms with E-state index in [1.165, 1.54) is 23.5 Å². The van der Waals surface area contributed by atoms with Crippen LogP contribution in [-0.2, 0) is 16.0 Å². The fraction of sp³-hybridized carbons (Fsp3) is 0.250. The summed E-state index contributed by atoms with van der Waals surface area (Å²) < 4.78 is 14.0. The molecule has 1 aliphatic rings. The molecule has 2 amide bonds. The van der Waals surface area contributed by atoms with Gasteiger partial charge in [0.1, 0.15) is 5.82 Å². The van der Waals surface area contributed by atoms with Crippen molar-refractivity contribution >= 4 is 38.5 Å². The SMILES string of the molecule is O=C(Nc1nc2ccccc2s1)[C@H]1CC(=O)N(CCc2ccc(F)cc2)C1. The van der Waals surface area contributed by atoms with E-state index in [2.05, 4.69) is 10.3 Å². The van der Waals surface area contributed by atoms with Crippen LogP contribution in [0.5, 0.6) is 0 Å². The van der Waals surface area contributed by atoms with Gasteiger partial charge >= 0.3 is 0 Å². The van der Waals surface area contributed by atoms with Gasteiger partial charge < -0.3 is 10.2 Å². The van der Waals surface area contributed by atoms with Gasteiger partial charge in [-0.2, -0.15) is 0 Å². The molecular formula is C20H18FN3O2S. The van der Waals surface area contributed by atoms with E-state index in [0.29, 0.717) is 24.6 Å². The Kier molecular flexibility index (Phi) is 4.85. The molecule has 2 heterocycles. The number of amides is 2. The number of anilines is 1. The number of halogens is 1. The molecule has 7 heteroatoms. The first kappa shape index (κ1) is 17.6. The highest BCUT2D eigenvalue weighted by Crippen LogP contribution is 2.27. The minimum absolute atomic E-state index is 0.0263. The zero-order valence-corrected chi connectivity index (χ0v) is 15.3. The smallest absolute Gasteiger partial charge is 0.231 e. The third-order valence-electron chi connectivity index (χ3n) is 4.69. The lowest BCUT2D eigenvalue weighted by molar-refractivity contribution is -0.128. The van der Waals surface area contributed by atoms with Crippen molar-refractivity contribution in [3.8, 4) is 0 Å². The highest BCUT2D eigenvalue weighted by molar-refractivity contribution is 7.22. The molecule has 1 N–H and O–H groups in total. The van der Waals surface area contributed by atoms with Gasteiger partial charge in [0.15, 0.2) is 5.13 Å². The summed E-state index contributed by atoms with van der Waals surface area (Å²) in [6.07, 6.45) is 0.846. The minimum Gasteiger partial charge on any atom is -0.342 e. The molecule has 0 saturated carbocycles. The average molecular weight is 383 g/mol. The van der Waals surface area contributed by atoms with Crippen LogP contribution in [0.4, 0.5) is 9.52 Å². The van der Waals surface area contributed by atoms with Crippen molar-refractivity contribution in [3.63, 3.8) is 0 Å². The first-order chi connectivity index (χ1) is 13.1. The molecule has 3 aromatic rings. The summed E-state index contributed by atoms with van der Waals surface area (Å²) >= 11 is 1.42. The van der Waals surface area contributed by atoms with Crippen LogP contribution in [0.1, 0.15) is 12.0 Å². The van der Waals surface area contributed by atoms with Gasteiger partial charge in [-0.1, -0.05) is 35.6 Å². The highest BCUT2D eigenvalue weighted by Gasteiger charge is 2.34. The summed E-state index contributed by atoms with van der Waals surface area (Å²) in [6.45, 7) is 0.923. The molecule has 0 bridgehead atoms. The molecule has 5 nitrogen and oxygen atoms in total. The Morgan fingerprint density at radius 2 is 2.00 bits per heavy atom. The Bertz CT molecular complexity index is 953. The maximum atomic E-state index is 13.0. The van der Waals surface area contributed by atoms with E-state index in [9.17, 15) is 14.0 Å². The second-order valence-corrected chi connectivity index (χ2v) is 7.62. The quantitative estimate of drug-likeness (QED) is 0.734. The van der Waals surface area contributed by atoms with E-state index < -0.39 is 0 Å². The van der Waals surface area contributed by atoms with E-state index in [4.69, 9.17) is 0 Å². The number of likely N-dealkylation sites (tertiary alicyclic amines) is 1. The van der Waals surface area contributed by atoms with Crippen LogP contribution in [0.25, 0.3) is 10.2 Å². The molecular weight excluding hydrogens is 365 g/mol. The number of para-hydroxylation sites is 1. The van der Waals surface area contributed by atoms with Crippen LogP contribution < -0.4 is 5.32 Å². The number of nitrogens with zero attached hydrogens (tertiary/aromatic N) is 2. The summed E-state index contributed by atoms with van der Waals surface area (Å²) in [5, 5.41) is 3.40. The molecule has 0 spiro atoms.